The third-order valence-corrected chi connectivity index (χ3v) is 5.85. The van der Waals surface area contributed by atoms with Crippen molar-refractivity contribution in [3.8, 4) is 17.2 Å². The van der Waals surface area contributed by atoms with Crippen LogP contribution < -0.4 is 24.2 Å². The number of aryl methyl sites for hydroxylation is 1. The molecule has 9 heteroatoms. The van der Waals surface area contributed by atoms with E-state index < -0.39 is 15.9 Å². The number of rotatable bonds is 9. The highest BCUT2D eigenvalue weighted by Crippen LogP contribution is 2.29. The fraction of sp³-hybridized carbons (Fsp3) is 0.174. The highest BCUT2D eigenvalue weighted by molar-refractivity contribution is 7.92. The van der Waals surface area contributed by atoms with Gasteiger partial charge in [-0.2, -0.15) is 0 Å². The standard InChI is InChI=1S/C23H24N2O6S/c1-16-5-4-6-17(13-16)25-32(27,28)20-10-7-18(8-11-20)31-15-23(26)24-21-14-19(29-2)9-12-22(21)30-3/h4-14,25H,15H2,1-3H3,(H,24,26). The van der Waals surface area contributed by atoms with Crippen molar-refractivity contribution in [2.24, 2.45) is 0 Å². The van der Waals surface area contributed by atoms with Crippen molar-refractivity contribution >= 4 is 27.3 Å². The Labute approximate surface area is 187 Å². The number of anilines is 2. The van der Waals surface area contributed by atoms with Crippen molar-refractivity contribution in [2.45, 2.75) is 11.8 Å². The van der Waals surface area contributed by atoms with E-state index in [2.05, 4.69) is 10.0 Å². The number of sulfonamides is 1. The molecular weight excluding hydrogens is 432 g/mol. The van der Waals surface area contributed by atoms with E-state index in [1.165, 1.54) is 38.5 Å². The van der Waals surface area contributed by atoms with Crippen molar-refractivity contribution in [2.75, 3.05) is 30.9 Å². The number of nitrogens with one attached hydrogen (secondary N) is 2. The third-order valence-electron chi connectivity index (χ3n) is 4.45. The van der Waals surface area contributed by atoms with Crippen LogP contribution in [0.4, 0.5) is 11.4 Å². The lowest BCUT2D eigenvalue weighted by atomic mass is 10.2. The summed E-state index contributed by atoms with van der Waals surface area (Å²) in [5.74, 6) is 0.995. The normalized spacial score (nSPS) is 10.8. The average molecular weight is 457 g/mol. The summed E-state index contributed by atoms with van der Waals surface area (Å²) < 4.78 is 43.5. The zero-order valence-corrected chi connectivity index (χ0v) is 18.7. The molecule has 0 radical (unpaired) electrons. The van der Waals surface area contributed by atoms with E-state index in [0.717, 1.165) is 5.56 Å². The van der Waals surface area contributed by atoms with Crippen LogP contribution in [0.15, 0.2) is 71.6 Å². The molecule has 0 aliphatic rings. The molecule has 168 valence electrons. The molecule has 0 saturated heterocycles. The van der Waals surface area contributed by atoms with Crippen molar-refractivity contribution in [1.29, 1.82) is 0 Å². The van der Waals surface area contributed by atoms with Crippen molar-refractivity contribution in [1.82, 2.24) is 0 Å². The van der Waals surface area contributed by atoms with E-state index in [0.29, 0.717) is 28.6 Å². The molecule has 3 rings (SSSR count). The maximum absolute atomic E-state index is 12.6. The average Bonchev–Trinajstić information content (AvgIpc) is 2.77. The SMILES string of the molecule is COc1ccc(OC)c(NC(=O)COc2ccc(S(=O)(=O)Nc3cccc(C)c3)cc2)c1. The second kappa shape index (κ2) is 10.1. The predicted molar refractivity (Wildman–Crippen MR) is 122 cm³/mol. The number of hydrogen-bond acceptors (Lipinski definition) is 6. The molecule has 0 atom stereocenters. The summed E-state index contributed by atoms with van der Waals surface area (Å²) in [5, 5.41) is 2.70. The highest BCUT2D eigenvalue weighted by Gasteiger charge is 2.15. The Morgan fingerprint density at radius 1 is 0.906 bits per heavy atom. The molecule has 32 heavy (non-hydrogen) atoms. The molecule has 0 fully saturated rings. The Balaban J connectivity index is 1.60. The summed E-state index contributed by atoms with van der Waals surface area (Å²) in [7, 11) is -0.722. The van der Waals surface area contributed by atoms with E-state index in [9.17, 15) is 13.2 Å². The van der Waals surface area contributed by atoms with Crippen LogP contribution >= 0.6 is 0 Å². The third kappa shape index (κ3) is 5.92. The molecule has 0 saturated carbocycles. The van der Waals surface area contributed by atoms with Gasteiger partial charge in [-0.05, 0) is 61.0 Å². The molecule has 3 aromatic carbocycles. The fourth-order valence-electron chi connectivity index (χ4n) is 2.88. The molecule has 0 heterocycles. The van der Waals surface area contributed by atoms with Gasteiger partial charge in [0.1, 0.15) is 17.2 Å². The number of ether oxygens (including phenoxy) is 3. The van der Waals surface area contributed by atoms with Gasteiger partial charge in [-0.25, -0.2) is 8.42 Å². The Hall–Kier alpha value is -3.72. The zero-order chi connectivity index (χ0) is 23.1. The van der Waals surface area contributed by atoms with Crippen LogP contribution in [0.1, 0.15) is 5.56 Å². The van der Waals surface area contributed by atoms with E-state index in [1.807, 2.05) is 13.0 Å². The van der Waals surface area contributed by atoms with Crippen LogP contribution in [-0.4, -0.2) is 35.2 Å². The van der Waals surface area contributed by atoms with Gasteiger partial charge in [0.05, 0.1) is 24.8 Å². The van der Waals surface area contributed by atoms with Crippen LogP contribution in [0.5, 0.6) is 17.2 Å². The second-order valence-corrected chi connectivity index (χ2v) is 8.53. The number of carbonyl (C=O) groups excluding carboxylic acids is 1. The smallest absolute Gasteiger partial charge is 0.262 e. The minimum absolute atomic E-state index is 0.0805. The lowest BCUT2D eigenvalue weighted by Crippen LogP contribution is -2.20. The molecule has 8 nitrogen and oxygen atoms in total. The topological polar surface area (TPSA) is 103 Å². The summed E-state index contributed by atoms with van der Waals surface area (Å²) in [6.45, 7) is 1.61. The number of amides is 1. The molecular formula is C23H24N2O6S. The van der Waals surface area contributed by atoms with E-state index in [4.69, 9.17) is 14.2 Å². The summed E-state index contributed by atoms with van der Waals surface area (Å²) in [6, 6.07) is 17.9. The first-order valence-electron chi connectivity index (χ1n) is 9.65. The van der Waals surface area contributed by atoms with Gasteiger partial charge in [-0.3, -0.25) is 9.52 Å². The second-order valence-electron chi connectivity index (χ2n) is 6.85. The van der Waals surface area contributed by atoms with Gasteiger partial charge in [0.25, 0.3) is 15.9 Å². The monoisotopic (exact) mass is 456 g/mol. The maximum Gasteiger partial charge on any atom is 0.262 e. The fourth-order valence-corrected chi connectivity index (χ4v) is 3.93. The molecule has 0 unspecified atom stereocenters. The summed E-state index contributed by atoms with van der Waals surface area (Å²) >= 11 is 0. The van der Waals surface area contributed by atoms with Gasteiger partial charge in [0.15, 0.2) is 6.61 Å². The minimum atomic E-state index is -3.74. The highest BCUT2D eigenvalue weighted by atomic mass is 32.2. The Morgan fingerprint density at radius 2 is 1.62 bits per heavy atom. The van der Waals surface area contributed by atoms with Crippen LogP contribution in [0.2, 0.25) is 0 Å². The summed E-state index contributed by atoms with van der Waals surface area (Å²) in [4.78, 5) is 12.4. The Kier molecular flexibility index (Phi) is 7.21. The predicted octanol–water partition coefficient (Wildman–Crippen LogP) is 3.83. The van der Waals surface area contributed by atoms with Crippen molar-refractivity contribution in [3.05, 3.63) is 72.3 Å². The number of hydrogen-bond donors (Lipinski definition) is 2. The first-order chi connectivity index (χ1) is 15.3. The first-order valence-corrected chi connectivity index (χ1v) is 11.1. The number of methoxy groups -OCH3 is 2. The lowest BCUT2D eigenvalue weighted by molar-refractivity contribution is -0.118. The Morgan fingerprint density at radius 3 is 2.28 bits per heavy atom. The van der Waals surface area contributed by atoms with Gasteiger partial charge < -0.3 is 19.5 Å². The zero-order valence-electron chi connectivity index (χ0n) is 17.9. The maximum atomic E-state index is 12.6. The van der Waals surface area contributed by atoms with Gasteiger partial charge in [-0.1, -0.05) is 12.1 Å². The van der Waals surface area contributed by atoms with Crippen LogP contribution in [0.3, 0.4) is 0 Å². The molecule has 0 bridgehead atoms. The molecule has 3 aromatic rings. The summed E-state index contributed by atoms with van der Waals surface area (Å²) in [6.07, 6.45) is 0. The first kappa shape index (κ1) is 23.0. The van der Waals surface area contributed by atoms with Crippen LogP contribution in [0, 0.1) is 6.92 Å². The van der Waals surface area contributed by atoms with Crippen LogP contribution in [0.25, 0.3) is 0 Å². The lowest BCUT2D eigenvalue weighted by Gasteiger charge is -2.12. The Bertz CT molecular complexity index is 1190. The number of carbonyl (C=O) groups is 1. The minimum Gasteiger partial charge on any atom is -0.497 e. The van der Waals surface area contributed by atoms with Gasteiger partial charge >= 0.3 is 0 Å². The quantitative estimate of drug-likeness (QED) is 0.507. The molecule has 0 aromatic heterocycles. The largest absolute Gasteiger partial charge is 0.497 e. The van der Waals surface area contributed by atoms with Gasteiger partial charge in [0.2, 0.25) is 0 Å². The number of benzene rings is 3. The molecule has 0 spiro atoms. The molecule has 1 amide bonds. The molecule has 2 N–H and O–H groups in total. The molecule has 0 aliphatic carbocycles. The summed E-state index contributed by atoms with van der Waals surface area (Å²) in [5.41, 5.74) is 1.87. The van der Waals surface area contributed by atoms with E-state index in [1.54, 1.807) is 36.4 Å². The van der Waals surface area contributed by atoms with Gasteiger partial charge in [-0.15, -0.1) is 0 Å². The van der Waals surface area contributed by atoms with Crippen molar-refractivity contribution in [3.63, 3.8) is 0 Å². The van der Waals surface area contributed by atoms with Crippen molar-refractivity contribution < 1.29 is 27.4 Å². The van der Waals surface area contributed by atoms with Gasteiger partial charge in [0, 0.05) is 11.8 Å². The van der Waals surface area contributed by atoms with E-state index >= 15 is 0 Å². The molecule has 0 aliphatic heterocycles. The van der Waals surface area contributed by atoms with Crippen LogP contribution in [-0.2, 0) is 14.8 Å². The van der Waals surface area contributed by atoms with E-state index in [-0.39, 0.29) is 11.5 Å².